The van der Waals surface area contributed by atoms with Crippen molar-refractivity contribution in [3.8, 4) is 5.75 Å². The van der Waals surface area contributed by atoms with Gasteiger partial charge in [0.25, 0.3) is 0 Å². The molecule has 1 fully saturated rings. The molecule has 1 aliphatic heterocycles. The van der Waals surface area contributed by atoms with Crippen molar-refractivity contribution in [3.63, 3.8) is 0 Å². The minimum Gasteiger partial charge on any atom is -0.491 e. The third-order valence-electron chi connectivity index (χ3n) is 3.09. The normalized spacial score (nSPS) is 15.8. The van der Waals surface area contributed by atoms with E-state index >= 15 is 0 Å². The van der Waals surface area contributed by atoms with E-state index in [1.54, 1.807) is 12.1 Å². The van der Waals surface area contributed by atoms with Gasteiger partial charge >= 0.3 is 0 Å². The molecule has 5 heteroatoms. The van der Waals surface area contributed by atoms with Gasteiger partial charge in [0.1, 0.15) is 23.2 Å². The van der Waals surface area contributed by atoms with Crippen LogP contribution in [0.2, 0.25) is 0 Å². The van der Waals surface area contributed by atoms with Gasteiger partial charge in [-0.2, -0.15) is 0 Å². The molecule has 18 heavy (non-hydrogen) atoms. The minimum atomic E-state index is -0.429. The van der Waals surface area contributed by atoms with E-state index in [1.807, 2.05) is 0 Å². The molecule has 2 N–H and O–H groups in total. The zero-order chi connectivity index (χ0) is 13.0. The van der Waals surface area contributed by atoms with Crippen LogP contribution in [0.3, 0.4) is 0 Å². The molecule has 3 nitrogen and oxygen atoms in total. The standard InChI is InChI=1S/C13H17FN2OS/c14-10-4-3-5-11(12(10)13(15)18)17-9-8-16-6-1-2-7-16/h3-5H,1-2,6-9H2,(H2,15,18). The molecule has 98 valence electrons. The van der Waals surface area contributed by atoms with E-state index in [0.29, 0.717) is 12.4 Å². The van der Waals surface area contributed by atoms with Crippen molar-refractivity contribution in [1.29, 1.82) is 0 Å². The second-order valence-electron chi connectivity index (χ2n) is 4.37. The summed E-state index contributed by atoms with van der Waals surface area (Å²) in [5.74, 6) is 0.00266. The molecule has 1 saturated heterocycles. The van der Waals surface area contributed by atoms with Crippen molar-refractivity contribution in [2.75, 3.05) is 26.2 Å². The molecule has 0 aromatic heterocycles. The predicted molar refractivity (Wildman–Crippen MR) is 73.5 cm³/mol. The van der Waals surface area contributed by atoms with Crippen LogP contribution in [0, 0.1) is 5.82 Å². The lowest BCUT2D eigenvalue weighted by molar-refractivity contribution is 0.237. The first kappa shape index (κ1) is 13.2. The zero-order valence-electron chi connectivity index (χ0n) is 10.2. The van der Waals surface area contributed by atoms with Crippen LogP contribution in [0.25, 0.3) is 0 Å². The van der Waals surface area contributed by atoms with Gasteiger partial charge in [-0.05, 0) is 38.1 Å². The van der Waals surface area contributed by atoms with Crippen LogP contribution < -0.4 is 10.5 Å². The Labute approximate surface area is 112 Å². The highest BCUT2D eigenvalue weighted by Crippen LogP contribution is 2.21. The fourth-order valence-electron chi connectivity index (χ4n) is 2.15. The van der Waals surface area contributed by atoms with Crippen LogP contribution in [0.5, 0.6) is 5.75 Å². The van der Waals surface area contributed by atoms with Gasteiger partial charge in [-0.1, -0.05) is 18.3 Å². The van der Waals surface area contributed by atoms with Crippen molar-refractivity contribution >= 4 is 17.2 Å². The average molecular weight is 268 g/mol. The number of hydrogen-bond donors (Lipinski definition) is 1. The van der Waals surface area contributed by atoms with E-state index in [1.165, 1.54) is 18.9 Å². The molecular weight excluding hydrogens is 251 g/mol. The maximum Gasteiger partial charge on any atom is 0.137 e. The number of rotatable bonds is 5. The molecule has 0 aliphatic carbocycles. The highest BCUT2D eigenvalue weighted by Gasteiger charge is 2.14. The van der Waals surface area contributed by atoms with E-state index in [2.05, 4.69) is 4.90 Å². The molecule has 0 spiro atoms. The molecule has 0 amide bonds. The van der Waals surface area contributed by atoms with E-state index in [4.69, 9.17) is 22.7 Å². The molecule has 1 aromatic carbocycles. The van der Waals surface area contributed by atoms with Crippen LogP contribution in [0.15, 0.2) is 18.2 Å². The van der Waals surface area contributed by atoms with Gasteiger partial charge in [0.2, 0.25) is 0 Å². The molecule has 2 rings (SSSR count). The number of hydrogen-bond acceptors (Lipinski definition) is 3. The second kappa shape index (κ2) is 6.11. The highest BCUT2D eigenvalue weighted by atomic mass is 32.1. The molecule has 0 atom stereocenters. The Morgan fingerprint density at radius 1 is 1.39 bits per heavy atom. The summed E-state index contributed by atoms with van der Waals surface area (Å²) in [5, 5.41) is 0. The number of halogens is 1. The summed E-state index contributed by atoms with van der Waals surface area (Å²) in [6.45, 7) is 3.62. The largest absolute Gasteiger partial charge is 0.491 e. The fraction of sp³-hybridized carbons (Fsp3) is 0.462. The maximum absolute atomic E-state index is 13.6. The van der Waals surface area contributed by atoms with Crippen LogP contribution >= 0.6 is 12.2 Å². The second-order valence-corrected chi connectivity index (χ2v) is 4.81. The quantitative estimate of drug-likeness (QED) is 0.828. The summed E-state index contributed by atoms with van der Waals surface area (Å²) in [5.41, 5.74) is 5.71. The number of likely N-dealkylation sites (tertiary alicyclic amines) is 1. The molecular formula is C13H17FN2OS. The van der Waals surface area contributed by atoms with Crippen molar-refractivity contribution in [3.05, 3.63) is 29.6 Å². The Morgan fingerprint density at radius 2 is 2.11 bits per heavy atom. The molecule has 1 aromatic rings. The van der Waals surface area contributed by atoms with Gasteiger partial charge in [0.15, 0.2) is 0 Å². The van der Waals surface area contributed by atoms with Crippen molar-refractivity contribution in [2.45, 2.75) is 12.8 Å². The number of nitrogens with two attached hydrogens (primary N) is 1. The number of ether oxygens (including phenoxy) is 1. The molecule has 0 bridgehead atoms. The summed E-state index contributed by atoms with van der Waals surface area (Å²) < 4.78 is 19.2. The summed E-state index contributed by atoms with van der Waals surface area (Å²) in [4.78, 5) is 2.36. The van der Waals surface area contributed by atoms with Crippen LogP contribution in [0.1, 0.15) is 18.4 Å². The Kier molecular flexibility index (Phi) is 4.49. The minimum absolute atomic E-state index is 0.0317. The topological polar surface area (TPSA) is 38.5 Å². The van der Waals surface area contributed by atoms with Gasteiger partial charge < -0.3 is 10.5 Å². The smallest absolute Gasteiger partial charge is 0.137 e. The van der Waals surface area contributed by atoms with E-state index in [9.17, 15) is 4.39 Å². The van der Waals surface area contributed by atoms with Gasteiger partial charge in [0, 0.05) is 6.54 Å². The fourth-order valence-corrected chi connectivity index (χ4v) is 2.35. The van der Waals surface area contributed by atoms with E-state index in [-0.39, 0.29) is 10.6 Å². The summed E-state index contributed by atoms with van der Waals surface area (Å²) in [6, 6.07) is 4.63. The van der Waals surface area contributed by atoms with E-state index < -0.39 is 5.82 Å². The number of nitrogens with zero attached hydrogens (tertiary/aromatic N) is 1. The molecule has 0 unspecified atom stereocenters. The number of thiocarbonyl (C=S) groups is 1. The van der Waals surface area contributed by atoms with Gasteiger partial charge in [-0.25, -0.2) is 4.39 Å². The molecule has 1 aliphatic rings. The average Bonchev–Trinajstić information content (AvgIpc) is 2.81. The zero-order valence-corrected chi connectivity index (χ0v) is 11.0. The lowest BCUT2D eigenvalue weighted by Crippen LogP contribution is -2.25. The van der Waals surface area contributed by atoms with E-state index in [0.717, 1.165) is 19.6 Å². The monoisotopic (exact) mass is 268 g/mol. The predicted octanol–water partition coefficient (Wildman–Crippen LogP) is 1.93. The Bertz CT molecular complexity index is 433. The molecule has 0 radical (unpaired) electrons. The maximum atomic E-state index is 13.6. The van der Waals surface area contributed by atoms with Crippen LogP contribution in [-0.4, -0.2) is 36.1 Å². The van der Waals surface area contributed by atoms with Gasteiger partial charge in [0.05, 0.1) is 5.56 Å². The van der Waals surface area contributed by atoms with Crippen molar-refractivity contribution in [2.24, 2.45) is 5.73 Å². The van der Waals surface area contributed by atoms with Gasteiger partial charge in [-0.3, -0.25) is 4.90 Å². The van der Waals surface area contributed by atoms with Crippen LogP contribution in [-0.2, 0) is 0 Å². The molecule has 1 heterocycles. The summed E-state index contributed by atoms with van der Waals surface area (Å²) in [6.07, 6.45) is 2.50. The molecule has 0 saturated carbocycles. The Morgan fingerprint density at radius 3 is 2.78 bits per heavy atom. The van der Waals surface area contributed by atoms with Crippen molar-refractivity contribution < 1.29 is 9.13 Å². The lowest BCUT2D eigenvalue weighted by atomic mass is 10.2. The lowest BCUT2D eigenvalue weighted by Gasteiger charge is -2.16. The third-order valence-corrected chi connectivity index (χ3v) is 3.29. The Hall–Kier alpha value is -1.20. The first-order valence-electron chi connectivity index (χ1n) is 6.12. The van der Waals surface area contributed by atoms with Crippen molar-refractivity contribution in [1.82, 2.24) is 4.90 Å². The number of benzene rings is 1. The summed E-state index contributed by atoms with van der Waals surface area (Å²) >= 11 is 4.84. The third kappa shape index (κ3) is 3.17. The summed E-state index contributed by atoms with van der Waals surface area (Å²) in [7, 11) is 0. The first-order chi connectivity index (χ1) is 8.68. The first-order valence-corrected chi connectivity index (χ1v) is 6.53. The SMILES string of the molecule is NC(=S)c1c(F)cccc1OCCN1CCCC1. The Balaban J connectivity index is 1.96. The van der Waals surface area contributed by atoms with Gasteiger partial charge in [-0.15, -0.1) is 0 Å². The van der Waals surface area contributed by atoms with Crippen LogP contribution in [0.4, 0.5) is 4.39 Å². The highest BCUT2D eigenvalue weighted by molar-refractivity contribution is 7.80.